The van der Waals surface area contributed by atoms with Crippen LogP contribution in [0.2, 0.25) is 5.02 Å². The molecule has 0 saturated carbocycles. The summed E-state index contributed by atoms with van der Waals surface area (Å²) in [6, 6.07) is 5.94. The van der Waals surface area contributed by atoms with Crippen LogP contribution in [-0.4, -0.2) is 9.78 Å². The third-order valence-corrected chi connectivity index (χ3v) is 3.45. The summed E-state index contributed by atoms with van der Waals surface area (Å²) in [7, 11) is 0. The van der Waals surface area contributed by atoms with E-state index >= 15 is 0 Å². The van der Waals surface area contributed by atoms with E-state index in [9.17, 15) is 0 Å². The number of hydrogen-bond acceptors (Lipinski definition) is 2. The van der Waals surface area contributed by atoms with Crippen molar-refractivity contribution in [1.29, 1.82) is 0 Å². The molecule has 0 aliphatic heterocycles. The zero-order valence-electron chi connectivity index (χ0n) is 10.3. The summed E-state index contributed by atoms with van der Waals surface area (Å²) in [5.41, 5.74) is 10.9. The Morgan fingerprint density at radius 2 is 2.00 bits per heavy atom. The first-order valence-electron chi connectivity index (χ1n) is 5.56. The first-order chi connectivity index (χ1) is 8.04. The van der Waals surface area contributed by atoms with Crippen LogP contribution in [0.1, 0.15) is 22.5 Å². The molecule has 0 saturated heterocycles. The maximum absolute atomic E-state index is 6.13. The molecule has 0 radical (unpaired) electrons. The van der Waals surface area contributed by atoms with Gasteiger partial charge in [-0.15, -0.1) is 0 Å². The molecule has 90 valence electrons. The Bertz CT molecular complexity index is 558. The van der Waals surface area contributed by atoms with Crippen molar-refractivity contribution in [2.24, 2.45) is 5.73 Å². The average molecular weight is 250 g/mol. The smallest absolute Gasteiger partial charge is 0.0663 e. The van der Waals surface area contributed by atoms with Crippen molar-refractivity contribution in [3.05, 3.63) is 45.7 Å². The standard InChI is InChI=1S/C13H16ClN3/c1-8-4-5-11(6-13(8)14)17-10(3)12(7-15)9(2)16-17/h4-6H,7,15H2,1-3H3. The van der Waals surface area contributed by atoms with Gasteiger partial charge in [-0.1, -0.05) is 17.7 Å². The highest BCUT2D eigenvalue weighted by Gasteiger charge is 2.11. The molecule has 0 fully saturated rings. The highest BCUT2D eigenvalue weighted by molar-refractivity contribution is 6.31. The molecule has 0 unspecified atom stereocenters. The topological polar surface area (TPSA) is 43.8 Å². The number of nitrogens with two attached hydrogens (primary N) is 1. The minimum absolute atomic E-state index is 0.511. The van der Waals surface area contributed by atoms with Crippen LogP contribution in [-0.2, 0) is 6.54 Å². The van der Waals surface area contributed by atoms with Gasteiger partial charge >= 0.3 is 0 Å². The molecule has 0 aliphatic rings. The highest BCUT2D eigenvalue weighted by atomic mass is 35.5. The van der Waals surface area contributed by atoms with Crippen molar-refractivity contribution in [2.75, 3.05) is 0 Å². The molecule has 3 nitrogen and oxygen atoms in total. The van der Waals surface area contributed by atoms with E-state index in [2.05, 4.69) is 5.10 Å². The van der Waals surface area contributed by atoms with Gasteiger partial charge in [0, 0.05) is 22.8 Å². The molecule has 1 heterocycles. The zero-order chi connectivity index (χ0) is 12.6. The van der Waals surface area contributed by atoms with E-state index in [-0.39, 0.29) is 0 Å². The van der Waals surface area contributed by atoms with E-state index in [1.165, 1.54) is 0 Å². The Labute approximate surface area is 106 Å². The highest BCUT2D eigenvalue weighted by Crippen LogP contribution is 2.22. The molecule has 4 heteroatoms. The van der Waals surface area contributed by atoms with E-state index in [1.54, 1.807) is 0 Å². The zero-order valence-corrected chi connectivity index (χ0v) is 11.0. The van der Waals surface area contributed by atoms with E-state index in [4.69, 9.17) is 17.3 Å². The minimum Gasteiger partial charge on any atom is -0.326 e. The number of nitrogens with zero attached hydrogens (tertiary/aromatic N) is 2. The summed E-state index contributed by atoms with van der Waals surface area (Å²) >= 11 is 6.13. The predicted octanol–water partition coefficient (Wildman–Crippen LogP) is 2.91. The van der Waals surface area contributed by atoms with Gasteiger partial charge < -0.3 is 5.73 Å². The van der Waals surface area contributed by atoms with Gasteiger partial charge in [0.1, 0.15) is 0 Å². The first-order valence-corrected chi connectivity index (χ1v) is 5.94. The minimum atomic E-state index is 0.511. The molecule has 1 aromatic heterocycles. The molecular formula is C13H16ClN3. The Morgan fingerprint density at radius 3 is 2.53 bits per heavy atom. The van der Waals surface area contributed by atoms with Crippen LogP contribution in [0.15, 0.2) is 18.2 Å². The van der Waals surface area contributed by atoms with Crippen molar-refractivity contribution in [3.8, 4) is 5.69 Å². The molecule has 17 heavy (non-hydrogen) atoms. The normalized spacial score (nSPS) is 10.9. The monoisotopic (exact) mass is 249 g/mol. The molecule has 2 aromatic rings. The maximum Gasteiger partial charge on any atom is 0.0663 e. The molecule has 1 aromatic carbocycles. The maximum atomic E-state index is 6.13. The van der Waals surface area contributed by atoms with Gasteiger partial charge in [-0.05, 0) is 38.5 Å². The second-order valence-electron chi connectivity index (χ2n) is 4.20. The van der Waals surface area contributed by atoms with Crippen molar-refractivity contribution in [1.82, 2.24) is 9.78 Å². The van der Waals surface area contributed by atoms with Crippen molar-refractivity contribution >= 4 is 11.6 Å². The number of hydrogen-bond donors (Lipinski definition) is 1. The summed E-state index contributed by atoms with van der Waals surface area (Å²) in [6.45, 7) is 6.49. The third kappa shape index (κ3) is 2.08. The van der Waals surface area contributed by atoms with Crippen LogP contribution in [0.25, 0.3) is 5.69 Å². The molecule has 0 bridgehead atoms. The third-order valence-electron chi connectivity index (χ3n) is 3.05. The fourth-order valence-corrected chi connectivity index (χ4v) is 2.11. The van der Waals surface area contributed by atoms with Crippen LogP contribution >= 0.6 is 11.6 Å². The molecule has 0 atom stereocenters. The lowest BCUT2D eigenvalue weighted by molar-refractivity contribution is 0.832. The Kier molecular flexibility index (Phi) is 3.22. The Morgan fingerprint density at radius 1 is 1.29 bits per heavy atom. The number of rotatable bonds is 2. The lowest BCUT2D eigenvalue weighted by Gasteiger charge is -2.06. The van der Waals surface area contributed by atoms with Crippen molar-refractivity contribution in [2.45, 2.75) is 27.3 Å². The summed E-state index contributed by atoms with van der Waals surface area (Å²) in [6.07, 6.45) is 0. The van der Waals surface area contributed by atoms with Gasteiger partial charge in [0.2, 0.25) is 0 Å². The van der Waals surface area contributed by atoms with E-state index in [0.717, 1.165) is 33.2 Å². The molecule has 0 aliphatic carbocycles. The lowest BCUT2D eigenvalue weighted by atomic mass is 10.2. The van der Waals surface area contributed by atoms with Crippen LogP contribution in [0, 0.1) is 20.8 Å². The second-order valence-corrected chi connectivity index (χ2v) is 4.61. The van der Waals surface area contributed by atoms with Gasteiger partial charge in [0.15, 0.2) is 0 Å². The number of benzene rings is 1. The fourth-order valence-electron chi connectivity index (χ4n) is 1.94. The number of aryl methyl sites for hydroxylation is 2. The Hall–Kier alpha value is -1.32. The summed E-state index contributed by atoms with van der Waals surface area (Å²) in [5, 5.41) is 5.25. The molecule has 2 N–H and O–H groups in total. The molecule has 2 rings (SSSR count). The largest absolute Gasteiger partial charge is 0.326 e. The molecular weight excluding hydrogens is 234 g/mol. The summed E-state index contributed by atoms with van der Waals surface area (Å²) < 4.78 is 1.89. The Balaban J connectivity index is 2.57. The number of halogens is 1. The van der Waals surface area contributed by atoms with Crippen LogP contribution in [0.4, 0.5) is 0 Å². The fraction of sp³-hybridized carbons (Fsp3) is 0.308. The van der Waals surface area contributed by atoms with Crippen LogP contribution in [0.3, 0.4) is 0 Å². The van der Waals surface area contributed by atoms with E-state index in [0.29, 0.717) is 6.54 Å². The quantitative estimate of drug-likeness (QED) is 0.890. The van der Waals surface area contributed by atoms with Gasteiger partial charge in [0.05, 0.1) is 11.4 Å². The summed E-state index contributed by atoms with van der Waals surface area (Å²) in [4.78, 5) is 0. The second kappa shape index (κ2) is 4.51. The van der Waals surface area contributed by atoms with Gasteiger partial charge in [-0.2, -0.15) is 5.10 Å². The first kappa shape index (κ1) is 12.1. The van der Waals surface area contributed by atoms with Crippen molar-refractivity contribution < 1.29 is 0 Å². The van der Waals surface area contributed by atoms with E-state index < -0.39 is 0 Å². The summed E-state index contributed by atoms with van der Waals surface area (Å²) in [5.74, 6) is 0. The molecule has 0 spiro atoms. The van der Waals surface area contributed by atoms with Gasteiger partial charge in [0.25, 0.3) is 0 Å². The lowest BCUT2D eigenvalue weighted by Crippen LogP contribution is -2.02. The van der Waals surface area contributed by atoms with Crippen molar-refractivity contribution in [3.63, 3.8) is 0 Å². The average Bonchev–Trinajstić information content (AvgIpc) is 2.58. The molecule has 0 amide bonds. The number of aromatic nitrogens is 2. The van der Waals surface area contributed by atoms with Crippen LogP contribution < -0.4 is 5.73 Å². The van der Waals surface area contributed by atoms with E-state index in [1.807, 2.05) is 43.7 Å². The predicted molar refractivity (Wildman–Crippen MR) is 70.7 cm³/mol. The van der Waals surface area contributed by atoms with Gasteiger partial charge in [-0.3, -0.25) is 0 Å². The van der Waals surface area contributed by atoms with Crippen LogP contribution in [0.5, 0.6) is 0 Å². The van der Waals surface area contributed by atoms with Gasteiger partial charge in [-0.25, -0.2) is 4.68 Å². The SMILES string of the molecule is Cc1ccc(-n2nc(C)c(CN)c2C)cc1Cl.